The van der Waals surface area contributed by atoms with Gasteiger partial charge in [-0.05, 0) is 49.9 Å². The van der Waals surface area contributed by atoms with E-state index in [2.05, 4.69) is 23.5 Å². The molecule has 22 heavy (non-hydrogen) atoms. The van der Waals surface area contributed by atoms with Gasteiger partial charge in [0.15, 0.2) is 5.82 Å². The Balaban J connectivity index is 1.78. The van der Waals surface area contributed by atoms with Gasteiger partial charge >= 0.3 is 0 Å². The molecule has 1 aromatic heterocycles. The molecule has 1 saturated heterocycles. The zero-order valence-corrected chi connectivity index (χ0v) is 13.0. The molecule has 0 bridgehead atoms. The summed E-state index contributed by atoms with van der Waals surface area (Å²) in [5.74, 6) is 2.26. The van der Waals surface area contributed by atoms with Crippen molar-refractivity contribution in [1.29, 1.82) is 0 Å². The second-order valence-corrected chi connectivity index (χ2v) is 6.16. The summed E-state index contributed by atoms with van der Waals surface area (Å²) in [6.07, 6.45) is 4.59. The van der Waals surface area contributed by atoms with Crippen molar-refractivity contribution < 1.29 is 4.74 Å². The fourth-order valence-corrected chi connectivity index (χ4v) is 3.54. The van der Waals surface area contributed by atoms with Gasteiger partial charge in [-0.25, -0.2) is 9.67 Å². The van der Waals surface area contributed by atoms with Crippen molar-refractivity contribution in [3.63, 3.8) is 0 Å². The highest BCUT2D eigenvalue weighted by molar-refractivity contribution is 5.48. The fraction of sp³-hybridized carbons (Fsp3) is 0.529. The van der Waals surface area contributed by atoms with Crippen LogP contribution < -0.4 is 5.32 Å². The predicted molar refractivity (Wildman–Crippen MR) is 84.3 cm³/mol. The van der Waals surface area contributed by atoms with Gasteiger partial charge in [-0.2, -0.15) is 5.10 Å². The average Bonchev–Trinajstić information content (AvgIpc) is 3.27. The Morgan fingerprint density at radius 1 is 1.36 bits per heavy atom. The van der Waals surface area contributed by atoms with Gasteiger partial charge in [0.1, 0.15) is 5.82 Å². The summed E-state index contributed by atoms with van der Waals surface area (Å²) in [4.78, 5) is 4.79. The largest absolute Gasteiger partial charge is 0.381 e. The molecule has 1 fully saturated rings. The minimum Gasteiger partial charge on any atom is -0.381 e. The maximum Gasteiger partial charge on any atom is 0.156 e. The minimum absolute atomic E-state index is 0.341. The summed E-state index contributed by atoms with van der Waals surface area (Å²) in [5.41, 5.74) is 4.12. The van der Waals surface area contributed by atoms with Crippen LogP contribution in [0.25, 0.3) is 5.69 Å². The molecule has 5 nitrogen and oxygen atoms in total. The summed E-state index contributed by atoms with van der Waals surface area (Å²) in [7, 11) is 1.95. The molecule has 2 heterocycles. The third-order valence-electron chi connectivity index (χ3n) is 4.67. The van der Waals surface area contributed by atoms with E-state index in [1.165, 1.54) is 29.7 Å². The zero-order valence-electron chi connectivity index (χ0n) is 13.0. The van der Waals surface area contributed by atoms with Crippen LogP contribution in [0.4, 0.5) is 0 Å². The van der Waals surface area contributed by atoms with Gasteiger partial charge in [0.25, 0.3) is 0 Å². The lowest BCUT2D eigenvalue weighted by atomic mass is 10.1. The topological polar surface area (TPSA) is 52.0 Å². The first-order chi connectivity index (χ1) is 10.9. The standard InChI is InChI=1S/C17H22N4O/c1-18-10-16-19-17(13-8-9-22-11-13)20-21(16)15-7-3-5-12-4-2-6-14(12)15/h3,5,7,13,18H,2,4,6,8-11H2,1H3. The third-order valence-corrected chi connectivity index (χ3v) is 4.67. The second-order valence-electron chi connectivity index (χ2n) is 6.16. The van der Waals surface area contributed by atoms with Crippen LogP contribution in [-0.4, -0.2) is 35.0 Å². The first-order valence-electron chi connectivity index (χ1n) is 8.16. The van der Waals surface area contributed by atoms with E-state index in [1.807, 2.05) is 11.7 Å². The number of aryl methyl sites for hydroxylation is 1. The Kier molecular flexibility index (Phi) is 3.68. The van der Waals surface area contributed by atoms with Crippen LogP contribution in [0.5, 0.6) is 0 Å². The summed E-state index contributed by atoms with van der Waals surface area (Å²) in [5, 5.41) is 8.06. The normalized spacial score (nSPS) is 20.5. The molecule has 1 atom stereocenters. The minimum atomic E-state index is 0.341. The van der Waals surface area contributed by atoms with Crippen molar-refractivity contribution in [2.24, 2.45) is 0 Å². The number of ether oxygens (including phenoxy) is 1. The molecule has 0 saturated carbocycles. The summed E-state index contributed by atoms with van der Waals surface area (Å²) < 4.78 is 7.55. The number of fused-ring (bicyclic) bond motifs is 1. The number of aromatic nitrogens is 3. The monoisotopic (exact) mass is 298 g/mol. The van der Waals surface area contributed by atoms with Crippen LogP contribution in [0.1, 0.15) is 41.5 Å². The van der Waals surface area contributed by atoms with Crippen molar-refractivity contribution in [1.82, 2.24) is 20.1 Å². The molecule has 2 aliphatic rings. The quantitative estimate of drug-likeness (QED) is 0.938. The van der Waals surface area contributed by atoms with Crippen molar-refractivity contribution in [2.45, 2.75) is 38.1 Å². The van der Waals surface area contributed by atoms with Crippen molar-refractivity contribution in [3.05, 3.63) is 41.0 Å². The first-order valence-corrected chi connectivity index (χ1v) is 8.16. The molecule has 1 aliphatic heterocycles. The Morgan fingerprint density at radius 2 is 2.32 bits per heavy atom. The molecule has 1 aliphatic carbocycles. The number of benzene rings is 1. The summed E-state index contributed by atoms with van der Waals surface area (Å²) in [6, 6.07) is 6.56. The lowest BCUT2D eigenvalue weighted by Crippen LogP contribution is -2.13. The molecule has 5 heteroatoms. The SMILES string of the molecule is CNCc1nc(C2CCOC2)nn1-c1cccc2c1CCC2. The predicted octanol–water partition coefficient (Wildman–Crippen LogP) is 1.98. The van der Waals surface area contributed by atoms with Crippen LogP contribution in [-0.2, 0) is 24.1 Å². The van der Waals surface area contributed by atoms with E-state index < -0.39 is 0 Å². The van der Waals surface area contributed by atoms with E-state index in [0.29, 0.717) is 5.92 Å². The van der Waals surface area contributed by atoms with Gasteiger partial charge in [-0.15, -0.1) is 0 Å². The summed E-state index contributed by atoms with van der Waals surface area (Å²) in [6.45, 7) is 2.29. The molecule has 4 rings (SSSR count). The van der Waals surface area contributed by atoms with E-state index in [0.717, 1.165) is 44.2 Å². The molecule has 2 aromatic rings. The van der Waals surface area contributed by atoms with Gasteiger partial charge in [-0.3, -0.25) is 0 Å². The Labute approximate surface area is 130 Å². The van der Waals surface area contributed by atoms with Crippen LogP contribution in [0.2, 0.25) is 0 Å². The molecule has 1 N–H and O–H groups in total. The van der Waals surface area contributed by atoms with Crippen molar-refractivity contribution in [3.8, 4) is 5.69 Å². The first kappa shape index (κ1) is 13.9. The highest BCUT2D eigenvalue weighted by Gasteiger charge is 2.25. The van der Waals surface area contributed by atoms with Gasteiger partial charge in [0.2, 0.25) is 0 Å². The average molecular weight is 298 g/mol. The van der Waals surface area contributed by atoms with Gasteiger partial charge in [0.05, 0.1) is 18.8 Å². The Bertz CT molecular complexity index is 673. The number of hydrogen-bond donors (Lipinski definition) is 1. The fourth-order valence-electron chi connectivity index (χ4n) is 3.54. The third kappa shape index (κ3) is 2.34. The lowest BCUT2D eigenvalue weighted by Gasteiger charge is -2.10. The van der Waals surface area contributed by atoms with E-state index in [4.69, 9.17) is 14.8 Å². The highest BCUT2D eigenvalue weighted by atomic mass is 16.5. The number of hydrogen-bond acceptors (Lipinski definition) is 4. The number of nitrogens with zero attached hydrogens (tertiary/aromatic N) is 3. The van der Waals surface area contributed by atoms with Crippen LogP contribution in [0, 0.1) is 0 Å². The molecular formula is C17H22N4O. The Morgan fingerprint density at radius 3 is 3.14 bits per heavy atom. The second kappa shape index (κ2) is 5.82. The van der Waals surface area contributed by atoms with Crippen LogP contribution in [0.3, 0.4) is 0 Å². The highest BCUT2D eigenvalue weighted by Crippen LogP contribution is 2.29. The number of nitrogens with one attached hydrogen (secondary N) is 1. The molecule has 0 radical (unpaired) electrons. The number of rotatable bonds is 4. The van der Waals surface area contributed by atoms with E-state index >= 15 is 0 Å². The molecule has 116 valence electrons. The van der Waals surface area contributed by atoms with Crippen LogP contribution >= 0.6 is 0 Å². The van der Waals surface area contributed by atoms with E-state index in [1.54, 1.807) is 0 Å². The van der Waals surface area contributed by atoms with Crippen molar-refractivity contribution >= 4 is 0 Å². The molecular weight excluding hydrogens is 276 g/mol. The van der Waals surface area contributed by atoms with Gasteiger partial charge in [0, 0.05) is 12.5 Å². The van der Waals surface area contributed by atoms with E-state index in [9.17, 15) is 0 Å². The zero-order chi connectivity index (χ0) is 14.9. The smallest absolute Gasteiger partial charge is 0.156 e. The van der Waals surface area contributed by atoms with Crippen molar-refractivity contribution in [2.75, 3.05) is 20.3 Å². The molecule has 0 spiro atoms. The lowest BCUT2D eigenvalue weighted by molar-refractivity contribution is 0.193. The molecule has 0 amide bonds. The van der Waals surface area contributed by atoms with Crippen LogP contribution in [0.15, 0.2) is 18.2 Å². The van der Waals surface area contributed by atoms with E-state index in [-0.39, 0.29) is 0 Å². The maximum absolute atomic E-state index is 5.50. The van der Waals surface area contributed by atoms with Gasteiger partial charge in [-0.1, -0.05) is 12.1 Å². The molecule has 1 aromatic carbocycles. The summed E-state index contributed by atoms with van der Waals surface area (Å²) >= 11 is 0. The molecule has 1 unspecified atom stereocenters. The Hall–Kier alpha value is -1.72. The maximum atomic E-state index is 5.50. The van der Waals surface area contributed by atoms with Gasteiger partial charge < -0.3 is 10.1 Å².